The Bertz CT molecular complexity index is 453. The number of ether oxygens (including phenoxy) is 2. The first-order chi connectivity index (χ1) is 9.55. The summed E-state index contributed by atoms with van der Waals surface area (Å²) in [4.78, 5) is 2.17. The summed E-state index contributed by atoms with van der Waals surface area (Å²) in [7, 11) is 7.34. The van der Waals surface area contributed by atoms with Gasteiger partial charge in [0.05, 0.1) is 25.9 Å². The normalized spacial score (nSPS) is 19.1. The predicted octanol–water partition coefficient (Wildman–Crippen LogP) is 2.61. The van der Waals surface area contributed by atoms with Crippen molar-refractivity contribution in [2.75, 3.05) is 28.3 Å². The number of likely N-dealkylation sites (N-methyl/N-ethyl adjacent to an activating group) is 1. The maximum atomic E-state index is 10.9. The molecule has 4 heteroatoms. The van der Waals surface area contributed by atoms with Crippen molar-refractivity contribution in [1.82, 2.24) is 4.90 Å². The fourth-order valence-electron chi connectivity index (χ4n) is 3.29. The van der Waals surface area contributed by atoms with Crippen LogP contribution in [0.15, 0.2) is 18.2 Å². The molecule has 1 atom stereocenters. The first kappa shape index (κ1) is 15.1. The second kappa shape index (κ2) is 6.02. The Hall–Kier alpha value is -1.26. The average molecular weight is 279 g/mol. The number of rotatable bonds is 5. The molecule has 0 heterocycles. The zero-order chi connectivity index (χ0) is 14.8. The fraction of sp³-hybridized carbons (Fsp3) is 0.625. The second-order valence-corrected chi connectivity index (χ2v) is 5.72. The Morgan fingerprint density at radius 1 is 1.10 bits per heavy atom. The summed E-state index contributed by atoms with van der Waals surface area (Å²) >= 11 is 0. The minimum absolute atomic E-state index is 0.167. The lowest BCUT2D eigenvalue weighted by atomic mass is 9.84. The molecule has 0 aromatic heterocycles. The summed E-state index contributed by atoms with van der Waals surface area (Å²) in [5.74, 6) is 1.35. The van der Waals surface area contributed by atoms with Gasteiger partial charge in [-0.3, -0.25) is 0 Å². The van der Waals surface area contributed by atoms with Crippen molar-refractivity contribution < 1.29 is 14.6 Å². The van der Waals surface area contributed by atoms with E-state index in [1.807, 2.05) is 18.2 Å². The lowest BCUT2D eigenvalue weighted by molar-refractivity contribution is -0.00487. The minimum Gasteiger partial charge on any atom is -0.493 e. The maximum Gasteiger partial charge on any atom is 0.161 e. The summed E-state index contributed by atoms with van der Waals surface area (Å²) in [5.41, 5.74) is 0.720. The number of aliphatic hydroxyl groups is 1. The molecule has 0 amide bonds. The summed E-state index contributed by atoms with van der Waals surface area (Å²) in [6.45, 7) is 0. The van der Waals surface area contributed by atoms with Crippen LogP contribution in [0.3, 0.4) is 0 Å². The van der Waals surface area contributed by atoms with E-state index >= 15 is 0 Å². The summed E-state index contributed by atoms with van der Waals surface area (Å²) in [6.07, 6.45) is 3.87. The van der Waals surface area contributed by atoms with Crippen LogP contribution in [0.2, 0.25) is 0 Å². The molecule has 1 aromatic rings. The van der Waals surface area contributed by atoms with E-state index in [9.17, 15) is 5.11 Å². The fourth-order valence-corrected chi connectivity index (χ4v) is 3.29. The van der Waals surface area contributed by atoms with Gasteiger partial charge in [-0.25, -0.2) is 0 Å². The topological polar surface area (TPSA) is 41.9 Å². The van der Waals surface area contributed by atoms with Gasteiger partial charge in [-0.1, -0.05) is 18.9 Å². The predicted molar refractivity (Wildman–Crippen MR) is 79.4 cm³/mol. The smallest absolute Gasteiger partial charge is 0.161 e. The van der Waals surface area contributed by atoms with E-state index < -0.39 is 6.10 Å². The molecule has 1 aliphatic carbocycles. The highest BCUT2D eigenvalue weighted by Gasteiger charge is 2.43. The molecule has 1 unspecified atom stereocenters. The molecule has 0 spiro atoms. The van der Waals surface area contributed by atoms with Crippen LogP contribution in [0.4, 0.5) is 0 Å². The van der Waals surface area contributed by atoms with Crippen molar-refractivity contribution in [3.05, 3.63) is 23.8 Å². The summed E-state index contributed by atoms with van der Waals surface area (Å²) < 4.78 is 10.6. The lowest BCUT2D eigenvalue weighted by Gasteiger charge is -2.40. The summed E-state index contributed by atoms with van der Waals surface area (Å²) in [5, 5.41) is 10.9. The molecule has 2 rings (SSSR count). The van der Waals surface area contributed by atoms with Gasteiger partial charge in [0.15, 0.2) is 11.5 Å². The third-order valence-electron chi connectivity index (χ3n) is 4.59. The number of aliphatic hydroxyl groups excluding tert-OH is 1. The molecule has 1 aliphatic rings. The monoisotopic (exact) mass is 279 g/mol. The van der Waals surface area contributed by atoms with E-state index in [1.54, 1.807) is 14.2 Å². The van der Waals surface area contributed by atoms with Gasteiger partial charge >= 0.3 is 0 Å². The first-order valence-electron chi connectivity index (χ1n) is 7.12. The molecule has 4 nitrogen and oxygen atoms in total. The van der Waals surface area contributed by atoms with Gasteiger partial charge in [0, 0.05) is 0 Å². The minimum atomic E-state index is -0.514. The van der Waals surface area contributed by atoms with Crippen LogP contribution in [0.25, 0.3) is 0 Å². The van der Waals surface area contributed by atoms with E-state index in [4.69, 9.17) is 9.47 Å². The zero-order valence-corrected chi connectivity index (χ0v) is 12.8. The Morgan fingerprint density at radius 2 is 1.70 bits per heavy atom. The van der Waals surface area contributed by atoms with Crippen molar-refractivity contribution in [2.24, 2.45) is 0 Å². The highest BCUT2D eigenvalue weighted by Crippen LogP contribution is 2.44. The maximum absolute atomic E-state index is 10.9. The quantitative estimate of drug-likeness (QED) is 0.899. The van der Waals surface area contributed by atoms with Crippen LogP contribution in [-0.2, 0) is 0 Å². The van der Waals surface area contributed by atoms with Crippen molar-refractivity contribution in [3.8, 4) is 11.5 Å². The standard InChI is InChI=1S/C16H25NO3/c1-17(2)16(9-5-6-10-16)15(18)12-7-8-13(19-3)14(11-12)20-4/h7-8,11,15,18H,5-6,9-10H2,1-4H3. The molecule has 0 radical (unpaired) electrons. The van der Waals surface area contributed by atoms with Crippen LogP contribution in [-0.4, -0.2) is 43.9 Å². The molecular formula is C16H25NO3. The van der Waals surface area contributed by atoms with Crippen LogP contribution in [0.5, 0.6) is 11.5 Å². The Balaban J connectivity index is 2.34. The molecule has 1 aromatic carbocycles. The number of nitrogens with zero attached hydrogens (tertiary/aromatic N) is 1. The van der Waals surface area contributed by atoms with Crippen LogP contribution < -0.4 is 9.47 Å². The van der Waals surface area contributed by atoms with Crippen LogP contribution in [0.1, 0.15) is 37.4 Å². The van der Waals surface area contributed by atoms with E-state index in [1.165, 1.54) is 12.8 Å². The van der Waals surface area contributed by atoms with Gasteiger partial charge in [-0.05, 0) is 44.6 Å². The van der Waals surface area contributed by atoms with Crippen molar-refractivity contribution >= 4 is 0 Å². The molecule has 1 fully saturated rings. The Morgan fingerprint density at radius 3 is 2.20 bits per heavy atom. The molecule has 112 valence electrons. The van der Waals surface area contributed by atoms with Gasteiger partial charge < -0.3 is 19.5 Å². The molecule has 0 bridgehead atoms. The van der Waals surface area contributed by atoms with E-state index in [0.717, 1.165) is 18.4 Å². The van der Waals surface area contributed by atoms with Gasteiger partial charge in [0.1, 0.15) is 0 Å². The van der Waals surface area contributed by atoms with Crippen LogP contribution in [0, 0.1) is 0 Å². The third kappa shape index (κ3) is 2.50. The molecule has 20 heavy (non-hydrogen) atoms. The molecule has 1 saturated carbocycles. The highest BCUT2D eigenvalue weighted by atomic mass is 16.5. The molecule has 1 N–H and O–H groups in total. The first-order valence-corrected chi connectivity index (χ1v) is 7.12. The SMILES string of the molecule is COc1ccc(C(O)C2(N(C)C)CCCC2)cc1OC. The molecule has 0 saturated heterocycles. The van der Waals surface area contributed by atoms with Crippen LogP contribution >= 0.6 is 0 Å². The van der Waals surface area contributed by atoms with Gasteiger partial charge in [-0.15, -0.1) is 0 Å². The van der Waals surface area contributed by atoms with Gasteiger partial charge in [0.25, 0.3) is 0 Å². The number of benzene rings is 1. The second-order valence-electron chi connectivity index (χ2n) is 5.72. The number of methoxy groups -OCH3 is 2. The van der Waals surface area contributed by atoms with Gasteiger partial charge in [-0.2, -0.15) is 0 Å². The van der Waals surface area contributed by atoms with Gasteiger partial charge in [0.2, 0.25) is 0 Å². The lowest BCUT2D eigenvalue weighted by Crippen LogP contribution is -2.47. The van der Waals surface area contributed by atoms with Crippen molar-refractivity contribution in [3.63, 3.8) is 0 Å². The number of hydrogen-bond acceptors (Lipinski definition) is 4. The highest BCUT2D eigenvalue weighted by molar-refractivity contribution is 5.44. The van der Waals surface area contributed by atoms with E-state index in [-0.39, 0.29) is 5.54 Å². The Kier molecular flexibility index (Phi) is 4.55. The van der Waals surface area contributed by atoms with Crippen molar-refractivity contribution in [2.45, 2.75) is 37.3 Å². The van der Waals surface area contributed by atoms with Crippen molar-refractivity contribution in [1.29, 1.82) is 0 Å². The van der Waals surface area contributed by atoms with E-state index in [2.05, 4.69) is 19.0 Å². The summed E-state index contributed by atoms with van der Waals surface area (Å²) in [6, 6.07) is 5.67. The van der Waals surface area contributed by atoms with E-state index in [0.29, 0.717) is 11.5 Å². The zero-order valence-electron chi connectivity index (χ0n) is 12.8. The largest absolute Gasteiger partial charge is 0.493 e. The molecular weight excluding hydrogens is 254 g/mol. The third-order valence-corrected chi connectivity index (χ3v) is 4.59. The average Bonchev–Trinajstić information content (AvgIpc) is 2.96. The number of hydrogen-bond donors (Lipinski definition) is 1. The molecule has 0 aliphatic heterocycles. The Labute approximate surface area is 121 Å².